The Morgan fingerprint density at radius 3 is 2.67 bits per heavy atom. The number of hydrogen-bond acceptors (Lipinski definition) is 5. The van der Waals surface area contributed by atoms with Gasteiger partial charge in [-0.25, -0.2) is 4.79 Å². The zero-order valence-corrected chi connectivity index (χ0v) is 16.7. The van der Waals surface area contributed by atoms with E-state index in [1.807, 2.05) is 30.4 Å². The van der Waals surface area contributed by atoms with Crippen molar-refractivity contribution in [3.63, 3.8) is 0 Å². The first-order valence-electron chi connectivity index (χ1n) is 8.26. The van der Waals surface area contributed by atoms with Gasteiger partial charge in [-0.3, -0.25) is 13.9 Å². The molecule has 1 aliphatic rings. The average Bonchev–Trinajstić information content (AvgIpc) is 2.91. The number of nitrogens with zero attached hydrogens (tertiary/aromatic N) is 2. The van der Waals surface area contributed by atoms with Crippen LogP contribution in [0.1, 0.15) is 23.0 Å². The van der Waals surface area contributed by atoms with Gasteiger partial charge in [-0.2, -0.15) is 0 Å². The fourth-order valence-electron chi connectivity index (χ4n) is 2.68. The molecule has 0 unspecified atom stereocenters. The summed E-state index contributed by atoms with van der Waals surface area (Å²) in [5.41, 5.74) is 2.85. The number of nitrogens with one attached hydrogen (secondary N) is 1. The third-order valence-corrected chi connectivity index (χ3v) is 5.72. The first-order valence-corrected chi connectivity index (χ1v) is 9.65. The quantitative estimate of drug-likeness (QED) is 0.602. The summed E-state index contributed by atoms with van der Waals surface area (Å²) in [7, 11) is 3.35. The number of carbonyl (C=O) groups is 1. The molecule has 1 aromatic carbocycles. The molecule has 140 valence electrons. The van der Waals surface area contributed by atoms with Crippen LogP contribution in [0.15, 0.2) is 52.8 Å². The van der Waals surface area contributed by atoms with Gasteiger partial charge in [-0.1, -0.05) is 55.2 Å². The second kappa shape index (κ2) is 7.94. The number of allylic oxidation sites excluding steroid dienone is 2. The molecule has 2 heterocycles. The Labute approximate surface area is 168 Å². The number of benzene rings is 1. The molecule has 5 nitrogen and oxygen atoms in total. The van der Waals surface area contributed by atoms with Crippen LogP contribution in [0.5, 0.6) is 0 Å². The van der Waals surface area contributed by atoms with Crippen LogP contribution in [0.4, 0.5) is 5.69 Å². The lowest BCUT2D eigenvalue weighted by Crippen LogP contribution is -2.30. The third-order valence-electron chi connectivity index (χ3n) is 4.29. The zero-order chi connectivity index (χ0) is 19.6. The van der Waals surface area contributed by atoms with Crippen molar-refractivity contribution in [3.8, 4) is 0 Å². The molecule has 0 radical (unpaired) electrons. The normalized spacial score (nSPS) is 12.6. The molecular formula is C20H21N3O2S2. The summed E-state index contributed by atoms with van der Waals surface area (Å²) in [5, 5.41) is 4.07. The van der Waals surface area contributed by atoms with E-state index >= 15 is 0 Å². The van der Waals surface area contributed by atoms with Gasteiger partial charge in [-0.15, -0.1) is 11.8 Å². The summed E-state index contributed by atoms with van der Waals surface area (Å²) in [6.45, 7) is 3.71. The van der Waals surface area contributed by atoms with Crippen molar-refractivity contribution in [1.82, 2.24) is 9.13 Å². The van der Waals surface area contributed by atoms with E-state index in [0.29, 0.717) is 27.3 Å². The maximum absolute atomic E-state index is 12.4. The molecule has 0 spiro atoms. The Morgan fingerprint density at radius 1 is 1.30 bits per heavy atom. The van der Waals surface area contributed by atoms with Crippen LogP contribution in [-0.2, 0) is 14.1 Å². The van der Waals surface area contributed by atoms with Gasteiger partial charge in [0, 0.05) is 21.1 Å². The van der Waals surface area contributed by atoms with E-state index in [2.05, 4.69) is 11.9 Å². The number of thioether (sulfide) groups is 1. The minimum atomic E-state index is -0.181. The van der Waals surface area contributed by atoms with Crippen molar-refractivity contribution in [2.24, 2.45) is 14.1 Å². The number of Topliss-reactive ketones (excluding diaryl/α,β-unsaturated/α-hetero) is 1. The van der Waals surface area contributed by atoms with Crippen LogP contribution in [0.2, 0.25) is 0 Å². The van der Waals surface area contributed by atoms with Crippen molar-refractivity contribution >= 4 is 47.6 Å². The summed E-state index contributed by atoms with van der Waals surface area (Å²) < 4.78 is 3.40. The van der Waals surface area contributed by atoms with Crippen LogP contribution in [0.3, 0.4) is 0 Å². The van der Waals surface area contributed by atoms with Crippen molar-refractivity contribution in [3.05, 3.63) is 80.0 Å². The number of rotatable bonds is 5. The molecule has 1 aromatic heterocycles. The smallest absolute Gasteiger partial charge is 0.329 e. The standard InChI is InChI=1S/C20H19N3O2S2.H2/c1-4-13-8-10-14(11-9-13)16(24)12-27-17-7-5-6-15-18(21-17)19(26)23(3)20(25)22(15)2;/h4-11,21H,1,12H2,2-3H3;1H. The number of ketones is 1. The van der Waals surface area contributed by atoms with E-state index in [-0.39, 0.29) is 12.9 Å². The molecule has 0 saturated carbocycles. The largest absolute Gasteiger partial charge is 0.346 e. The van der Waals surface area contributed by atoms with Gasteiger partial charge in [0.25, 0.3) is 0 Å². The molecule has 0 fully saturated rings. The third kappa shape index (κ3) is 3.89. The van der Waals surface area contributed by atoms with Gasteiger partial charge in [0.2, 0.25) is 0 Å². The molecule has 0 aliphatic carbocycles. The molecule has 0 amide bonds. The number of aromatic nitrogens is 2. The fourth-order valence-corrected chi connectivity index (χ4v) is 3.72. The minimum Gasteiger partial charge on any atom is -0.346 e. The van der Waals surface area contributed by atoms with Gasteiger partial charge >= 0.3 is 5.69 Å². The SMILES string of the molecule is C=Cc1ccc(C(=O)CSC2=CC=Cc3c(c(=S)n(C)c(=O)n3C)N2)cc1.[HH]. The Morgan fingerprint density at radius 2 is 2.00 bits per heavy atom. The number of fused-ring (bicyclic) bond motifs is 1. The maximum atomic E-state index is 12.4. The van der Waals surface area contributed by atoms with E-state index in [0.717, 1.165) is 10.6 Å². The summed E-state index contributed by atoms with van der Waals surface area (Å²) in [6, 6.07) is 7.36. The Balaban J connectivity index is 0.00000280. The second-order valence-electron chi connectivity index (χ2n) is 6.02. The van der Waals surface area contributed by atoms with Gasteiger partial charge in [-0.05, 0) is 17.7 Å². The van der Waals surface area contributed by atoms with Gasteiger partial charge in [0.1, 0.15) is 4.64 Å². The average molecular weight is 400 g/mol. The summed E-state index contributed by atoms with van der Waals surface area (Å²) in [5.74, 6) is 0.330. The maximum Gasteiger partial charge on any atom is 0.329 e. The first kappa shape index (κ1) is 19.1. The topological polar surface area (TPSA) is 56.0 Å². The molecular weight excluding hydrogens is 378 g/mol. The van der Waals surface area contributed by atoms with E-state index in [1.165, 1.54) is 16.3 Å². The van der Waals surface area contributed by atoms with Crippen LogP contribution < -0.4 is 11.0 Å². The molecule has 0 atom stereocenters. The number of carbonyl (C=O) groups excluding carboxylic acids is 1. The minimum absolute atomic E-state index is 0. The van der Waals surface area contributed by atoms with Gasteiger partial charge < -0.3 is 5.32 Å². The monoisotopic (exact) mass is 399 g/mol. The zero-order valence-electron chi connectivity index (χ0n) is 15.1. The highest BCUT2D eigenvalue weighted by Gasteiger charge is 2.15. The van der Waals surface area contributed by atoms with Crippen molar-refractivity contribution in [2.75, 3.05) is 11.1 Å². The fraction of sp³-hybridized carbons (Fsp3) is 0.150. The Kier molecular flexibility index (Phi) is 5.62. The van der Waals surface area contributed by atoms with E-state index in [4.69, 9.17) is 12.2 Å². The highest BCUT2D eigenvalue weighted by Crippen LogP contribution is 2.27. The molecule has 2 aromatic rings. The van der Waals surface area contributed by atoms with E-state index < -0.39 is 0 Å². The van der Waals surface area contributed by atoms with Crippen LogP contribution in [-0.4, -0.2) is 20.7 Å². The lowest BCUT2D eigenvalue weighted by Gasteiger charge is -2.15. The van der Waals surface area contributed by atoms with Crippen molar-refractivity contribution < 1.29 is 6.22 Å². The van der Waals surface area contributed by atoms with E-state index in [9.17, 15) is 9.59 Å². The Bertz CT molecular complexity index is 1100. The Hall–Kier alpha value is -2.64. The van der Waals surface area contributed by atoms with Crippen LogP contribution in [0, 0.1) is 4.64 Å². The molecule has 7 heteroatoms. The number of anilines is 1. The lowest BCUT2D eigenvalue weighted by molar-refractivity contribution is 0.102. The predicted octanol–water partition coefficient (Wildman–Crippen LogP) is 4.24. The molecule has 27 heavy (non-hydrogen) atoms. The predicted molar refractivity (Wildman–Crippen MR) is 118 cm³/mol. The van der Waals surface area contributed by atoms with Gasteiger partial charge in [0.05, 0.1) is 22.2 Å². The summed E-state index contributed by atoms with van der Waals surface area (Å²) in [4.78, 5) is 24.6. The molecule has 0 bridgehead atoms. The van der Waals surface area contributed by atoms with Crippen molar-refractivity contribution in [2.45, 2.75) is 0 Å². The molecule has 3 rings (SSSR count). The van der Waals surface area contributed by atoms with Crippen LogP contribution >= 0.6 is 24.0 Å². The molecule has 1 N–H and O–H groups in total. The van der Waals surface area contributed by atoms with Crippen molar-refractivity contribution in [1.29, 1.82) is 0 Å². The lowest BCUT2D eigenvalue weighted by atomic mass is 10.1. The first-order chi connectivity index (χ1) is 12.9. The van der Waals surface area contributed by atoms with E-state index in [1.54, 1.807) is 36.9 Å². The highest BCUT2D eigenvalue weighted by atomic mass is 32.2. The molecule has 0 saturated heterocycles. The van der Waals surface area contributed by atoms with Crippen LogP contribution in [0.25, 0.3) is 12.2 Å². The second-order valence-corrected chi connectivity index (χ2v) is 7.42. The molecule has 1 aliphatic heterocycles. The van der Waals surface area contributed by atoms with Gasteiger partial charge in [0.15, 0.2) is 5.78 Å². The summed E-state index contributed by atoms with van der Waals surface area (Å²) >= 11 is 6.82. The number of hydrogen-bond donors (Lipinski definition) is 1. The highest BCUT2D eigenvalue weighted by molar-refractivity contribution is 8.03. The summed E-state index contributed by atoms with van der Waals surface area (Å²) in [6.07, 6.45) is 7.30.